The number of likely N-dealkylation sites (tertiary alicyclic amines) is 1. The van der Waals surface area contributed by atoms with E-state index in [1.165, 1.54) is 0 Å². The summed E-state index contributed by atoms with van der Waals surface area (Å²) in [6.07, 6.45) is 7.11. The molecule has 0 N–H and O–H groups in total. The number of aryl methyl sites for hydroxylation is 3. The Labute approximate surface area is 134 Å². The first-order valence-electron chi connectivity index (χ1n) is 8.37. The van der Waals surface area contributed by atoms with Crippen LogP contribution >= 0.6 is 0 Å². The van der Waals surface area contributed by atoms with E-state index in [1.807, 2.05) is 11.6 Å². The van der Waals surface area contributed by atoms with Crippen molar-refractivity contribution in [1.29, 1.82) is 0 Å². The Bertz CT molecular complexity index is 764. The van der Waals surface area contributed by atoms with E-state index in [2.05, 4.69) is 20.2 Å². The average molecular weight is 314 g/mol. The molecule has 1 saturated heterocycles. The first-order valence-corrected chi connectivity index (χ1v) is 8.37. The van der Waals surface area contributed by atoms with E-state index in [0.717, 1.165) is 62.3 Å². The van der Waals surface area contributed by atoms with Crippen LogP contribution in [0.3, 0.4) is 0 Å². The van der Waals surface area contributed by atoms with Crippen molar-refractivity contribution in [3.8, 4) is 0 Å². The van der Waals surface area contributed by atoms with Crippen LogP contribution in [0.25, 0.3) is 0 Å². The van der Waals surface area contributed by atoms with Crippen LogP contribution in [0, 0.1) is 0 Å². The summed E-state index contributed by atoms with van der Waals surface area (Å²) in [5, 5.41) is 12.7. The van der Waals surface area contributed by atoms with E-state index < -0.39 is 0 Å². The summed E-state index contributed by atoms with van der Waals surface area (Å²) in [6, 6.07) is 2.13. The molecule has 0 amide bonds. The standard InChI is InChI=1S/C16H22N6O/c1-20-11-17-18-15(20)10-21-7-3-5-13(21)9-22-16(23)8-12-4-2-6-14(12)19-22/h8,11,13H,2-7,9-10H2,1H3. The summed E-state index contributed by atoms with van der Waals surface area (Å²) < 4.78 is 3.62. The third kappa shape index (κ3) is 2.81. The molecule has 1 aliphatic carbocycles. The first-order chi connectivity index (χ1) is 11.2. The summed E-state index contributed by atoms with van der Waals surface area (Å²) in [4.78, 5) is 14.7. The molecule has 1 unspecified atom stereocenters. The third-order valence-electron chi connectivity index (χ3n) is 5.06. The smallest absolute Gasteiger partial charge is 0.267 e. The second kappa shape index (κ2) is 5.88. The molecule has 2 aromatic heterocycles. The van der Waals surface area contributed by atoms with Crippen LogP contribution in [-0.2, 0) is 33.0 Å². The zero-order valence-electron chi connectivity index (χ0n) is 13.5. The van der Waals surface area contributed by atoms with E-state index in [1.54, 1.807) is 17.1 Å². The predicted octanol–water partition coefficient (Wildman–Crippen LogP) is 0.525. The number of nitrogens with zero attached hydrogens (tertiary/aromatic N) is 6. The van der Waals surface area contributed by atoms with Crippen molar-refractivity contribution in [2.45, 2.75) is 51.2 Å². The van der Waals surface area contributed by atoms with Crippen LogP contribution in [0.15, 0.2) is 17.2 Å². The molecule has 1 fully saturated rings. The number of hydrogen-bond acceptors (Lipinski definition) is 5. The Morgan fingerprint density at radius 3 is 3.04 bits per heavy atom. The highest BCUT2D eigenvalue weighted by atomic mass is 16.1. The molecular formula is C16H22N6O. The van der Waals surface area contributed by atoms with E-state index in [9.17, 15) is 4.79 Å². The van der Waals surface area contributed by atoms with E-state index in [0.29, 0.717) is 12.6 Å². The van der Waals surface area contributed by atoms with Gasteiger partial charge in [0.2, 0.25) is 0 Å². The SMILES string of the molecule is Cn1cnnc1CN1CCCC1Cn1nc2c(cc1=O)CCC2. The first kappa shape index (κ1) is 14.6. The summed E-state index contributed by atoms with van der Waals surface area (Å²) in [7, 11) is 1.97. The summed E-state index contributed by atoms with van der Waals surface area (Å²) in [5.74, 6) is 0.964. The lowest BCUT2D eigenvalue weighted by molar-refractivity contribution is 0.209. The summed E-state index contributed by atoms with van der Waals surface area (Å²) in [5.41, 5.74) is 2.30. The number of fused-ring (bicyclic) bond motifs is 1. The highest BCUT2D eigenvalue weighted by Crippen LogP contribution is 2.21. The van der Waals surface area contributed by atoms with Gasteiger partial charge in [-0.15, -0.1) is 10.2 Å². The molecule has 4 rings (SSSR count). The van der Waals surface area contributed by atoms with Crippen molar-refractivity contribution in [2.75, 3.05) is 6.54 Å². The van der Waals surface area contributed by atoms with Gasteiger partial charge in [0, 0.05) is 19.2 Å². The van der Waals surface area contributed by atoms with Gasteiger partial charge in [0.15, 0.2) is 0 Å². The Morgan fingerprint density at radius 2 is 2.22 bits per heavy atom. The summed E-state index contributed by atoms with van der Waals surface area (Å²) >= 11 is 0. The zero-order chi connectivity index (χ0) is 15.8. The second-order valence-electron chi connectivity index (χ2n) is 6.61. The second-order valence-corrected chi connectivity index (χ2v) is 6.61. The van der Waals surface area contributed by atoms with E-state index in [4.69, 9.17) is 0 Å². The minimum Gasteiger partial charge on any atom is -0.320 e. The molecule has 0 radical (unpaired) electrons. The van der Waals surface area contributed by atoms with Crippen LogP contribution in [0.5, 0.6) is 0 Å². The van der Waals surface area contributed by atoms with Gasteiger partial charge in [-0.3, -0.25) is 9.69 Å². The molecule has 1 atom stereocenters. The topological polar surface area (TPSA) is 68.8 Å². The molecule has 122 valence electrons. The van der Waals surface area contributed by atoms with Gasteiger partial charge in [0.1, 0.15) is 12.2 Å². The van der Waals surface area contributed by atoms with Crippen molar-refractivity contribution >= 4 is 0 Å². The maximum Gasteiger partial charge on any atom is 0.267 e. The molecule has 7 heteroatoms. The fourth-order valence-electron chi connectivity index (χ4n) is 3.71. The lowest BCUT2D eigenvalue weighted by Gasteiger charge is -2.24. The van der Waals surface area contributed by atoms with Crippen molar-refractivity contribution < 1.29 is 0 Å². The minimum atomic E-state index is 0.0381. The van der Waals surface area contributed by atoms with Crippen LogP contribution in [0.1, 0.15) is 36.3 Å². The highest BCUT2D eigenvalue weighted by molar-refractivity contribution is 5.22. The lowest BCUT2D eigenvalue weighted by Crippen LogP contribution is -2.37. The molecule has 2 aliphatic rings. The van der Waals surface area contributed by atoms with Gasteiger partial charge in [-0.25, -0.2) is 4.68 Å². The van der Waals surface area contributed by atoms with Gasteiger partial charge in [-0.1, -0.05) is 0 Å². The van der Waals surface area contributed by atoms with Crippen molar-refractivity contribution in [1.82, 2.24) is 29.4 Å². The van der Waals surface area contributed by atoms with Gasteiger partial charge >= 0.3 is 0 Å². The van der Waals surface area contributed by atoms with Crippen molar-refractivity contribution in [3.05, 3.63) is 39.8 Å². The normalized spacial score (nSPS) is 21.0. The van der Waals surface area contributed by atoms with Crippen molar-refractivity contribution in [2.24, 2.45) is 7.05 Å². The van der Waals surface area contributed by atoms with Crippen LogP contribution < -0.4 is 5.56 Å². The third-order valence-corrected chi connectivity index (χ3v) is 5.06. The van der Waals surface area contributed by atoms with Gasteiger partial charge in [0.05, 0.1) is 18.8 Å². The number of rotatable bonds is 4. The zero-order valence-corrected chi connectivity index (χ0v) is 13.5. The fourth-order valence-corrected chi connectivity index (χ4v) is 3.71. The molecule has 2 aromatic rings. The Morgan fingerprint density at radius 1 is 1.30 bits per heavy atom. The minimum absolute atomic E-state index is 0.0381. The maximum absolute atomic E-state index is 12.3. The molecule has 0 spiro atoms. The fraction of sp³-hybridized carbons (Fsp3) is 0.625. The Kier molecular flexibility index (Phi) is 3.72. The van der Waals surface area contributed by atoms with Crippen LogP contribution in [-0.4, -0.2) is 42.0 Å². The van der Waals surface area contributed by atoms with Gasteiger partial charge in [-0.05, 0) is 44.2 Å². The molecule has 1 aliphatic heterocycles. The lowest BCUT2D eigenvalue weighted by atomic mass is 10.2. The monoisotopic (exact) mass is 314 g/mol. The highest BCUT2D eigenvalue weighted by Gasteiger charge is 2.27. The van der Waals surface area contributed by atoms with Crippen LogP contribution in [0.4, 0.5) is 0 Å². The largest absolute Gasteiger partial charge is 0.320 e. The number of hydrogen-bond donors (Lipinski definition) is 0. The van der Waals surface area contributed by atoms with E-state index >= 15 is 0 Å². The molecule has 0 saturated carbocycles. The predicted molar refractivity (Wildman–Crippen MR) is 85.0 cm³/mol. The quantitative estimate of drug-likeness (QED) is 0.823. The van der Waals surface area contributed by atoms with Crippen LogP contribution in [0.2, 0.25) is 0 Å². The maximum atomic E-state index is 12.3. The van der Waals surface area contributed by atoms with Gasteiger partial charge < -0.3 is 4.57 Å². The molecular weight excluding hydrogens is 292 g/mol. The molecule has 0 bridgehead atoms. The van der Waals surface area contributed by atoms with E-state index in [-0.39, 0.29) is 5.56 Å². The molecule has 3 heterocycles. The molecule has 7 nitrogen and oxygen atoms in total. The Balaban J connectivity index is 1.52. The Hall–Kier alpha value is -2.02. The van der Waals surface area contributed by atoms with Gasteiger partial charge in [0.25, 0.3) is 5.56 Å². The summed E-state index contributed by atoms with van der Waals surface area (Å²) in [6.45, 7) is 2.49. The average Bonchev–Trinajstić information content (AvgIpc) is 3.24. The molecule has 0 aromatic carbocycles. The molecule has 23 heavy (non-hydrogen) atoms. The van der Waals surface area contributed by atoms with Gasteiger partial charge in [-0.2, -0.15) is 5.10 Å². The van der Waals surface area contributed by atoms with Crippen molar-refractivity contribution in [3.63, 3.8) is 0 Å². The number of aromatic nitrogens is 5.